The van der Waals surface area contributed by atoms with E-state index in [1.54, 1.807) is 0 Å². The number of carbonyl (C=O) groups is 1. The first kappa shape index (κ1) is 22.5. The Balaban J connectivity index is 2.09. The molecule has 148 valence electrons. The first-order chi connectivity index (χ1) is 12.4. The molecule has 0 aliphatic carbocycles. The highest BCUT2D eigenvalue weighted by molar-refractivity contribution is 5.91. The van der Waals surface area contributed by atoms with Crippen LogP contribution in [0, 0.1) is 12.8 Å². The average molecular weight is 363 g/mol. The zero-order chi connectivity index (χ0) is 19.4. The molecule has 0 aliphatic rings. The molecule has 1 aromatic rings. The summed E-state index contributed by atoms with van der Waals surface area (Å²) in [6.07, 6.45) is 15.0. The van der Waals surface area contributed by atoms with E-state index in [4.69, 9.17) is 5.11 Å². The summed E-state index contributed by atoms with van der Waals surface area (Å²) < 4.78 is 0. The Kier molecular flexibility index (Phi) is 11.1. The van der Waals surface area contributed by atoms with Crippen LogP contribution in [0.15, 0.2) is 12.1 Å². The minimum atomic E-state index is -1.06. The van der Waals surface area contributed by atoms with Gasteiger partial charge in [-0.15, -0.1) is 0 Å². The molecule has 0 aliphatic heterocycles. The van der Waals surface area contributed by atoms with Crippen LogP contribution in [0.5, 0.6) is 5.75 Å². The summed E-state index contributed by atoms with van der Waals surface area (Å²) in [4.78, 5) is 11.2. The van der Waals surface area contributed by atoms with Gasteiger partial charge in [0.1, 0.15) is 11.3 Å². The lowest BCUT2D eigenvalue weighted by Crippen LogP contribution is -2.00. The molecule has 0 heterocycles. The molecule has 0 atom stereocenters. The Hall–Kier alpha value is -1.51. The molecule has 3 nitrogen and oxygen atoms in total. The third-order valence-corrected chi connectivity index (χ3v) is 5.04. The summed E-state index contributed by atoms with van der Waals surface area (Å²) in [5, 5.41) is 19.2. The van der Waals surface area contributed by atoms with E-state index >= 15 is 0 Å². The molecule has 2 N–H and O–H groups in total. The Morgan fingerprint density at radius 3 is 1.88 bits per heavy atom. The number of rotatable bonds is 14. The van der Waals surface area contributed by atoms with E-state index in [0.717, 1.165) is 36.3 Å². The van der Waals surface area contributed by atoms with Crippen LogP contribution in [0.4, 0.5) is 0 Å². The van der Waals surface area contributed by atoms with Crippen LogP contribution in [-0.4, -0.2) is 16.2 Å². The number of aromatic hydroxyl groups is 1. The van der Waals surface area contributed by atoms with Crippen molar-refractivity contribution in [3.8, 4) is 5.75 Å². The standard InChI is InChI=1S/C23H38O3/c1-18(2)14-12-10-8-6-4-5-7-9-11-13-15-20-16-19(3)17-21(22(20)24)23(25)26/h16-18,24H,4-15H2,1-3H3,(H,25,26). The fourth-order valence-electron chi connectivity index (χ4n) is 3.49. The number of phenols is 1. The van der Waals surface area contributed by atoms with Gasteiger partial charge in [-0.05, 0) is 42.9 Å². The van der Waals surface area contributed by atoms with Gasteiger partial charge in [0, 0.05) is 0 Å². The van der Waals surface area contributed by atoms with Crippen LogP contribution in [0.2, 0.25) is 0 Å². The van der Waals surface area contributed by atoms with Crippen molar-refractivity contribution in [2.75, 3.05) is 0 Å². The number of hydrogen-bond acceptors (Lipinski definition) is 2. The van der Waals surface area contributed by atoms with Gasteiger partial charge in [-0.25, -0.2) is 4.79 Å². The van der Waals surface area contributed by atoms with E-state index in [2.05, 4.69) is 13.8 Å². The lowest BCUT2D eigenvalue weighted by atomic mass is 9.99. The summed E-state index contributed by atoms with van der Waals surface area (Å²) in [5.74, 6) is -0.273. The highest BCUT2D eigenvalue weighted by atomic mass is 16.4. The maximum absolute atomic E-state index is 11.2. The molecule has 26 heavy (non-hydrogen) atoms. The van der Waals surface area contributed by atoms with Crippen molar-refractivity contribution in [2.24, 2.45) is 5.92 Å². The SMILES string of the molecule is Cc1cc(CCCCCCCCCCCCC(C)C)c(O)c(C(=O)O)c1. The average Bonchev–Trinajstić information content (AvgIpc) is 2.57. The number of carboxylic acid groups (broad SMARTS) is 1. The number of aryl methyl sites for hydroxylation is 2. The number of unbranched alkanes of at least 4 members (excludes halogenated alkanes) is 9. The van der Waals surface area contributed by atoms with E-state index in [1.165, 1.54) is 63.9 Å². The fourth-order valence-corrected chi connectivity index (χ4v) is 3.49. The Labute approximate surface area is 159 Å². The molecule has 0 aromatic heterocycles. The molecule has 0 bridgehead atoms. The van der Waals surface area contributed by atoms with Crippen molar-refractivity contribution in [2.45, 2.75) is 97.8 Å². The van der Waals surface area contributed by atoms with Crippen molar-refractivity contribution in [1.29, 1.82) is 0 Å². The third kappa shape index (κ3) is 9.26. The lowest BCUT2D eigenvalue weighted by molar-refractivity contribution is 0.0693. The molecule has 0 saturated heterocycles. The topological polar surface area (TPSA) is 57.5 Å². The van der Waals surface area contributed by atoms with Gasteiger partial charge < -0.3 is 10.2 Å². The molecule has 3 heteroatoms. The maximum atomic E-state index is 11.2. The molecule has 0 saturated carbocycles. The second-order valence-electron chi connectivity index (χ2n) is 8.09. The van der Waals surface area contributed by atoms with E-state index in [9.17, 15) is 9.90 Å². The normalized spacial score (nSPS) is 11.2. The maximum Gasteiger partial charge on any atom is 0.339 e. The van der Waals surface area contributed by atoms with Crippen molar-refractivity contribution < 1.29 is 15.0 Å². The molecule has 0 fully saturated rings. The minimum Gasteiger partial charge on any atom is -0.507 e. The summed E-state index contributed by atoms with van der Waals surface area (Å²) >= 11 is 0. The third-order valence-electron chi connectivity index (χ3n) is 5.04. The van der Waals surface area contributed by atoms with Crippen molar-refractivity contribution in [1.82, 2.24) is 0 Å². The highest BCUT2D eigenvalue weighted by Gasteiger charge is 2.14. The van der Waals surface area contributed by atoms with Crippen LogP contribution < -0.4 is 0 Å². The van der Waals surface area contributed by atoms with Crippen LogP contribution in [0.1, 0.15) is 106 Å². The molecular weight excluding hydrogens is 324 g/mol. The van der Waals surface area contributed by atoms with Crippen LogP contribution in [0.3, 0.4) is 0 Å². The number of aromatic carboxylic acids is 1. The summed E-state index contributed by atoms with van der Waals surface area (Å²) in [7, 11) is 0. The molecular formula is C23H38O3. The van der Waals surface area contributed by atoms with E-state index < -0.39 is 5.97 Å². The smallest absolute Gasteiger partial charge is 0.339 e. The van der Waals surface area contributed by atoms with Gasteiger partial charge in [-0.2, -0.15) is 0 Å². The molecule has 1 aromatic carbocycles. The number of hydrogen-bond donors (Lipinski definition) is 2. The van der Waals surface area contributed by atoms with Gasteiger partial charge in [0.05, 0.1) is 0 Å². The van der Waals surface area contributed by atoms with Crippen LogP contribution >= 0.6 is 0 Å². The predicted molar refractivity (Wildman–Crippen MR) is 109 cm³/mol. The minimum absolute atomic E-state index is 0.0217. The molecule has 0 amide bonds. The second kappa shape index (κ2) is 12.8. The Morgan fingerprint density at radius 2 is 1.38 bits per heavy atom. The fraction of sp³-hybridized carbons (Fsp3) is 0.696. The van der Waals surface area contributed by atoms with Gasteiger partial charge >= 0.3 is 5.97 Å². The van der Waals surface area contributed by atoms with E-state index in [1.807, 2.05) is 13.0 Å². The first-order valence-corrected chi connectivity index (χ1v) is 10.5. The Bertz CT molecular complexity index is 534. The van der Waals surface area contributed by atoms with Gasteiger partial charge in [0.15, 0.2) is 0 Å². The summed E-state index contributed by atoms with van der Waals surface area (Å²) in [6.45, 7) is 6.47. The van der Waals surface area contributed by atoms with E-state index in [-0.39, 0.29) is 11.3 Å². The second-order valence-corrected chi connectivity index (χ2v) is 8.09. The number of carboxylic acids is 1. The zero-order valence-corrected chi connectivity index (χ0v) is 17.0. The Morgan fingerprint density at radius 1 is 0.885 bits per heavy atom. The highest BCUT2D eigenvalue weighted by Crippen LogP contribution is 2.26. The number of benzene rings is 1. The summed E-state index contributed by atoms with van der Waals surface area (Å²) in [6, 6.07) is 3.44. The quantitative estimate of drug-likeness (QED) is 0.354. The first-order valence-electron chi connectivity index (χ1n) is 10.5. The van der Waals surface area contributed by atoms with Crippen LogP contribution in [-0.2, 0) is 6.42 Å². The van der Waals surface area contributed by atoms with Gasteiger partial charge in [-0.1, -0.05) is 84.1 Å². The predicted octanol–water partition coefficient (Wildman–Crippen LogP) is 6.89. The molecule has 0 unspecified atom stereocenters. The summed E-state index contributed by atoms with van der Waals surface area (Å²) in [5.41, 5.74) is 1.68. The van der Waals surface area contributed by atoms with Crippen molar-refractivity contribution >= 4 is 5.97 Å². The van der Waals surface area contributed by atoms with Gasteiger partial charge in [0.2, 0.25) is 0 Å². The lowest BCUT2D eigenvalue weighted by Gasteiger charge is -2.09. The molecule has 0 spiro atoms. The van der Waals surface area contributed by atoms with Crippen molar-refractivity contribution in [3.63, 3.8) is 0 Å². The van der Waals surface area contributed by atoms with Gasteiger partial charge in [-0.3, -0.25) is 0 Å². The molecule has 1 rings (SSSR count). The largest absolute Gasteiger partial charge is 0.507 e. The van der Waals surface area contributed by atoms with Crippen molar-refractivity contribution in [3.05, 3.63) is 28.8 Å². The monoisotopic (exact) mass is 362 g/mol. The van der Waals surface area contributed by atoms with Crippen LogP contribution in [0.25, 0.3) is 0 Å². The molecule has 0 radical (unpaired) electrons. The van der Waals surface area contributed by atoms with E-state index in [0.29, 0.717) is 0 Å². The zero-order valence-electron chi connectivity index (χ0n) is 17.0. The van der Waals surface area contributed by atoms with Gasteiger partial charge in [0.25, 0.3) is 0 Å².